The molecule has 1 amide bonds. The molecule has 9 heteroatoms. The summed E-state index contributed by atoms with van der Waals surface area (Å²) in [6, 6.07) is 28.3. The van der Waals surface area contributed by atoms with Crippen molar-refractivity contribution in [1.82, 2.24) is 25.1 Å². The molecule has 3 aromatic carbocycles. The van der Waals surface area contributed by atoms with Gasteiger partial charge in [0.15, 0.2) is 0 Å². The second kappa shape index (κ2) is 12.2. The Kier molecular flexibility index (Phi) is 7.91. The molecule has 2 aromatic heterocycles. The minimum atomic E-state index is -0.0948. The summed E-state index contributed by atoms with van der Waals surface area (Å²) >= 11 is 0. The molecule has 0 bridgehead atoms. The van der Waals surface area contributed by atoms with Crippen LogP contribution in [0.2, 0.25) is 0 Å². The number of benzene rings is 3. The van der Waals surface area contributed by atoms with Crippen LogP contribution in [-0.2, 0) is 11.3 Å². The normalized spacial score (nSPS) is 13.6. The number of carbonyl (C=O) groups excluding carboxylic acids is 1. The topological polar surface area (TPSA) is 102 Å². The number of hydrogen-bond acceptors (Lipinski definition) is 7. The summed E-state index contributed by atoms with van der Waals surface area (Å²) in [6.45, 7) is 8.41. The lowest BCUT2D eigenvalue weighted by Gasteiger charge is -2.36. The van der Waals surface area contributed by atoms with Crippen LogP contribution in [0.15, 0.2) is 91.1 Å². The summed E-state index contributed by atoms with van der Waals surface area (Å²) < 4.78 is 0. The summed E-state index contributed by atoms with van der Waals surface area (Å²) in [6.07, 6.45) is 1.74. The number of aromatic nitrogens is 4. The van der Waals surface area contributed by atoms with E-state index in [1.165, 1.54) is 18.2 Å². The van der Waals surface area contributed by atoms with Crippen molar-refractivity contribution in [2.45, 2.75) is 20.4 Å². The summed E-state index contributed by atoms with van der Waals surface area (Å²) in [5.41, 5.74) is 9.25. The quantitative estimate of drug-likeness (QED) is 0.219. The first-order valence-corrected chi connectivity index (χ1v) is 14.2. The van der Waals surface area contributed by atoms with E-state index in [0.29, 0.717) is 5.95 Å². The molecule has 0 spiro atoms. The summed E-state index contributed by atoms with van der Waals surface area (Å²) in [7, 11) is 0. The Balaban J connectivity index is 1.05. The van der Waals surface area contributed by atoms with Gasteiger partial charge in [-0.25, -0.2) is 9.97 Å². The average molecular weight is 559 g/mol. The molecule has 212 valence electrons. The van der Waals surface area contributed by atoms with Gasteiger partial charge in [-0.05, 0) is 49.4 Å². The predicted molar refractivity (Wildman–Crippen MR) is 168 cm³/mol. The molecule has 5 aromatic rings. The van der Waals surface area contributed by atoms with Crippen LogP contribution in [0.25, 0.3) is 22.5 Å². The third kappa shape index (κ3) is 6.31. The fourth-order valence-electron chi connectivity index (χ4n) is 5.26. The monoisotopic (exact) mass is 558 g/mol. The van der Waals surface area contributed by atoms with Gasteiger partial charge in [-0.1, -0.05) is 42.5 Å². The number of nitrogens with zero attached hydrogens (tertiary/aromatic N) is 5. The smallest absolute Gasteiger partial charge is 0.227 e. The van der Waals surface area contributed by atoms with Gasteiger partial charge >= 0.3 is 0 Å². The van der Waals surface area contributed by atoms with Crippen LogP contribution >= 0.6 is 0 Å². The van der Waals surface area contributed by atoms with E-state index in [4.69, 9.17) is 0 Å². The van der Waals surface area contributed by atoms with Crippen molar-refractivity contribution >= 4 is 28.9 Å². The zero-order chi connectivity index (χ0) is 28.9. The van der Waals surface area contributed by atoms with E-state index in [1.807, 2.05) is 36.4 Å². The average Bonchev–Trinajstić information content (AvgIpc) is 3.38. The van der Waals surface area contributed by atoms with Gasteiger partial charge in [0, 0.05) is 85.3 Å². The number of rotatable bonds is 8. The Morgan fingerprint density at radius 3 is 2.29 bits per heavy atom. The van der Waals surface area contributed by atoms with Gasteiger partial charge in [0.05, 0.1) is 11.4 Å². The van der Waals surface area contributed by atoms with Crippen molar-refractivity contribution in [2.75, 3.05) is 41.7 Å². The molecule has 1 aliphatic rings. The number of carbonyl (C=O) groups is 1. The second-order valence-electron chi connectivity index (χ2n) is 10.5. The summed E-state index contributed by atoms with van der Waals surface area (Å²) in [5, 5.41) is 13.9. The van der Waals surface area contributed by atoms with Gasteiger partial charge in [-0.3, -0.25) is 14.8 Å². The zero-order valence-electron chi connectivity index (χ0n) is 23.8. The summed E-state index contributed by atoms with van der Waals surface area (Å²) in [4.78, 5) is 25.3. The van der Waals surface area contributed by atoms with Crippen molar-refractivity contribution in [3.8, 4) is 22.5 Å². The van der Waals surface area contributed by atoms with E-state index in [-0.39, 0.29) is 5.91 Å². The molecular formula is C33H34N8O. The van der Waals surface area contributed by atoms with Crippen LogP contribution in [0.3, 0.4) is 0 Å². The number of nitrogens with one attached hydrogen (secondary N) is 3. The molecule has 1 fully saturated rings. The first-order valence-electron chi connectivity index (χ1n) is 14.2. The Morgan fingerprint density at radius 2 is 1.57 bits per heavy atom. The lowest BCUT2D eigenvalue weighted by atomic mass is 10.1. The molecule has 42 heavy (non-hydrogen) atoms. The van der Waals surface area contributed by atoms with E-state index in [9.17, 15) is 4.79 Å². The number of anilines is 4. The predicted octanol–water partition coefficient (Wildman–Crippen LogP) is 5.87. The third-order valence-electron chi connectivity index (χ3n) is 7.52. The molecule has 1 saturated heterocycles. The Labute approximate surface area is 245 Å². The van der Waals surface area contributed by atoms with Crippen molar-refractivity contribution in [1.29, 1.82) is 0 Å². The number of aryl methyl sites for hydroxylation is 1. The highest BCUT2D eigenvalue weighted by Crippen LogP contribution is 2.27. The fraction of sp³-hybridized carbons (Fsp3) is 0.212. The molecule has 3 N–H and O–H groups in total. The van der Waals surface area contributed by atoms with Crippen molar-refractivity contribution in [3.63, 3.8) is 0 Å². The molecule has 3 heterocycles. The first-order chi connectivity index (χ1) is 20.5. The molecule has 0 aliphatic carbocycles. The number of H-pyrrole nitrogens is 1. The maximum absolute atomic E-state index is 11.3. The maximum Gasteiger partial charge on any atom is 0.227 e. The Hall–Kier alpha value is -5.02. The minimum absolute atomic E-state index is 0.0948. The molecule has 0 atom stereocenters. The van der Waals surface area contributed by atoms with Crippen molar-refractivity contribution < 1.29 is 4.79 Å². The van der Waals surface area contributed by atoms with E-state index >= 15 is 0 Å². The van der Waals surface area contributed by atoms with Crippen LogP contribution in [-0.4, -0.2) is 57.2 Å². The standard InChI is InChI=1S/C33H34N8O/c1-23-30(32(39-38-23)26-6-4-3-5-7-26)22-40-18-20-41(21-19-40)29-14-12-28(13-15-29)36-33-34-17-16-31(37-33)25-8-10-27(11-9-25)35-24(2)42/h3-17H,18-22H2,1-2H3,(H,35,42)(H,38,39)(H,34,36,37). The van der Waals surface area contributed by atoms with Crippen LogP contribution < -0.4 is 15.5 Å². The highest BCUT2D eigenvalue weighted by molar-refractivity contribution is 5.88. The van der Waals surface area contributed by atoms with Gasteiger partial charge in [0.25, 0.3) is 0 Å². The molecule has 0 unspecified atom stereocenters. The molecule has 9 nitrogen and oxygen atoms in total. The SMILES string of the molecule is CC(=O)Nc1ccc(-c2ccnc(Nc3ccc(N4CCN(Cc5c(-c6ccccc6)n[nH]c5C)CC4)cc3)n2)cc1. The Bertz CT molecular complexity index is 1640. The number of amides is 1. The summed E-state index contributed by atoms with van der Waals surface area (Å²) in [5.74, 6) is 0.437. The fourth-order valence-corrected chi connectivity index (χ4v) is 5.26. The number of piperazine rings is 1. The zero-order valence-corrected chi connectivity index (χ0v) is 23.8. The Morgan fingerprint density at radius 1 is 0.857 bits per heavy atom. The lowest BCUT2D eigenvalue weighted by molar-refractivity contribution is -0.114. The minimum Gasteiger partial charge on any atom is -0.369 e. The lowest BCUT2D eigenvalue weighted by Crippen LogP contribution is -2.46. The van der Waals surface area contributed by atoms with Crippen LogP contribution in [0.4, 0.5) is 23.0 Å². The maximum atomic E-state index is 11.3. The largest absolute Gasteiger partial charge is 0.369 e. The van der Waals surface area contributed by atoms with Crippen LogP contribution in [0, 0.1) is 6.92 Å². The third-order valence-corrected chi connectivity index (χ3v) is 7.52. The van der Waals surface area contributed by atoms with E-state index in [0.717, 1.165) is 72.3 Å². The van der Waals surface area contributed by atoms with Crippen LogP contribution in [0.1, 0.15) is 18.2 Å². The van der Waals surface area contributed by atoms with E-state index in [1.54, 1.807) is 6.20 Å². The number of hydrogen-bond donors (Lipinski definition) is 3. The molecule has 0 radical (unpaired) electrons. The first kappa shape index (κ1) is 27.2. The molecule has 1 aliphatic heterocycles. The molecule has 6 rings (SSSR count). The molecule has 0 saturated carbocycles. The van der Waals surface area contributed by atoms with Gasteiger partial charge in [-0.2, -0.15) is 5.10 Å². The highest BCUT2D eigenvalue weighted by Gasteiger charge is 2.21. The highest BCUT2D eigenvalue weighted by atomic mass is 16.1. The van der Waals surface area contributed by atoms with Gasteiger partial charge in [0.1, 0.15) is 0 Å². The van der Waals surface area contributed by atoms with Crippen molar-refractivity contribution in [2.24, 2.45) is 0 Å². The van der Waals surface area contributed by atoms with Gasteiger partial charge in [0.2, 0.25) is 11.9 Å². The van der Waals surface area contributed by atoms with Crippen LogP contribution in [0.5, 0.6) is 0 Å². The van der Waals surface area contributed by atoms with E-state index in [2.05, 4.69) is 96.1 Å². The van der Waals surface area contributed by atoms with Gasteiger partial charge in [-0.15, -0.1) is 0 Å². The van der Waals surface area contributed by atoms with E-state index < -0.39 is 0 Å². The van der Waals surface area contributed by atoms with Crippen molar-refractivity contribution in [3.05, 3.63) is 102 Å². The molecular weight excluding hydrogens is 524 g/mol. The van der Waals surface area contributed by atoms with Gasteiger partial charge < -0.3 is 15.5 Å². The second-order valence-corrected chi connectivity index (χ2v) is 10.5. The number of aromatic amines is 1.